The van der Waals surface area contributed by atoms with Gasteiger partial charge in [0.15, 0.2) is 0 Å². The van der Waals surface area contributed by atoms with E-state index in [1.165, 1.54) is 5.56 Å². The van der Waals surface area contributed by atoms with Crippen molar-refractivity contribution in [3.8, 4) is 22.5 Å². The SMILES string of the molecule is CC(C)n1cc(-c2ccnc(NCCF)n2)c(-c2cnc3c(c2)CCN3)n1. The number of aromatic nitrogens is 5. The van der Waals surface area contributed by atoms with E-state index in [9.17, 15) is 4.39 Å². The molecular formula is C19H22FN7. The van der Waals surface area contributed by atoms with Gasteiger partial charge in [-0.3, -0.25) is 4.68 Å². The summed E-state index contributed by atoms with van der Waals surface area (Å²) in [6, 6.07) is 4.20. The Labute approximate surface area is 157 Å². The fraction of sp³-hybridized carbons (Fsp3) is 0.368. The minimum atomic E-state index is -0.473. The van der Waals surface area contributed by atoms with Crippen molar-refractivity contribution in [2.75, 3.05) is 30.4 Å². The maximum Gasteiger partial charge on any atom is 0.223 e. The molecule has 0 spiro atoms. The van der Waals surface area contributed by atoms with Gasteiger partial charge in [0.1, 0.15) is 18.2 Å². The molecule has 140 valence electrons. The highest BCUT2D eigenvalue weighted by molar-refractivity contribution is 5.79. The van der Waals surface area contributed by atoms with Gasteiger partial charge >= 0.3 is 0 Å². The van der Waals surface area contributed by atoms with Crippen molar-refractivity contribution < 1.29 is 4.39 Å². The molecule has 0 saturated carbocycles. The third kappa shape index (κ3) is 3.47. The van der Waals surface area contributed by atoms with Gasteiger partial charge in [-0.25, -0.2) is 19.3 Å². The van der Waals surface area contributed by atoms with E-state index in [1.807, 2.05) is 23.1 Å². The Morgan fingerprint density at radius 3 is 3.04 bits per heavy atom. The van der Waals surface area contributed by atoms with Gasteiger partial charge in [0.2, 0.25) is 5.95 Å². The lowest BCUT2D eigenvalue weighted by molar-refractivity contribution is 0.512. The van der Waals surface area contributed by atoms with Gasteiger partial charge in [-0.2, -0.15) is 5.10 Å². The Kier molecular flexibility index (Phi) is 4.70. The number of halogens is 1. The van der Waals surface area contributed by atoms with Gasteiger partial charge in [0.25, 0.3) is 0 Å². The molecule has 0 saturated heterocycles. The van der Waals surface area contributed by atoms with Crippen LogP contribution in [0, 0.1) is 0 Å². The third-order valence-electron chi connectivity index (χ3n) is 4.50. The van der Waals surface area contributed by atoms with Gasteiger partial charge in [0.05, 0.1) is 5.69 Å². The van der Waals surface area contributed by atoms with Crippen molar-refractivity contribution in [1.29, 1.82) is 0 Å². The van der Waals surface area contributed by atoms with Crippen LogP contribution >= 0.6 is 0 Å². The van der Waals surface area contributed by atoms with E-state index in [0.717, 1.165) is 41.3 Å². The highest BCUT2D eigenvalue weighted by Crippen LogP contribution is 2.33. The molecule has 0 atom stereocenters. The fourth-order valence-corrected chi connectivity index (χ4v) is 3.11. The van der Waals surface area contributed by atoms with Crippen molar-refractivity contribution >= 4 is 11.8 Å². The van der Waals surface area contributed by atoms with Crippen molar-refractivity contribution in [3.63, 3.8) is 0 Å². The topological polar surface area (TPSA) is 80.5 Å². The molecule has 0 bridgehead atoms. The van der Waals surface area contributed by atoms with Crippen molar-refractivity contribution in [3.05, 3.63) is 36.3 Å². The molecule has 4 heterocycles. The van der Waals surface area contributed by atoms with E-state index in [0.29, 0.717) is 5.95 Å². The number of anilines is 2. The van der Waals surface area contributed by atoms with Gasteiger partial charge in [-0.1, -0.05) is 0 Å². The largest absolute Gasteiger partial charge is 0.370 e. The van der Waals surface area contributed by atoms with Crippen LogP contribution in [-0.2, 0) is 6.42 Å². The predicted octanol–water partition coefficient (Wildman–Crippen LogP) is 3.33. The van der Waals surface area contributed by atoms with Crippen LogP contribution in [0.4, 0.5) is 16.2 Å². The molecule has 0 radical (unpaired) electrons. The first-order chi connectivity index (χ1) is 13.2. The quantitative estimate of drug-likeness (QED) is 0.696. The maximum atomic E-state index is 12.4. The van der Waals surface area contributed by atoms with Crippen molar-refractivity contribution in [1.82, 2.24) is 24.7 Å². The first-order valence-electron chi connectivity index (χ1n) is 9.11. The summed E-state index contributed by atoms with van der Waals surface area (Å²) in [6.07, 6.45) is 6.47. The van der Waals surface area contributed by atoms with E-state index in [1.54, 1.807) is 6.20 Å². The molecule has 2 N–H and O–H groups in total. The summed E-state index contributed by atoms with van der Waals surface area (Å²) < 4.78 is 14.4. The van der Waals surface area contributed by atoms with Crippen LogP contribution in [-0.4, -0.2) is 44.5 Å². The number of pyridine rings is 1. The minimum absolute atomic E-state index is 0.184. The monoisotopic (exact) mass is 367 g/mol. The summed E-state index contributed by atoms with van der Waals surface area (Å²) >= 11 is 0. The second-order valence-electron chi connectivity index (χ2n) is 6.75. The Bertz CT molecular complexity index is 951. The summed E-state index contributed by atoms with van der Waals surface area (Å²) in [7, 11) is 0. The second kappa shape index (κ2) is 7.30. The van der Waals surface area contributed by atoms with E-state index in [2.05, 4.69) is 45.5 Å². The number of nitrogens with zero attached hydrogens (tertiary/aromatic N) is 5. The highest BCUT2D eigenvalue weighted by atomic mass is 19.1. The van der Waals surface area contributed by atoms with E-state index >= 15 is 0 Å². The summed E-state index contributed by atoms with van der Waals surface area (Å²) in [5.41, 5.74) is 4.64. The summed E-state index contributed by atoms with van der Waals surface area (Å²) in [5.74, 6) is 1.35. The molecule has 3 aromatic heterocycles. The lowest BCUT2D eigenvalue weighted by Crippen LogP contribution is -2.06. The Hall–Kier alpha value is -3.03. The van der Waals surface area contributed by atoms with Gasteiger partial charge in [-0.05, 0) is 38.0 Å². The smallest absolute Gasteiger partial charge is 0.223 e. The zero-order valence-corrected chi connectivity index (χ0v) is 15.4. The standard InChI is InChI=1S/C19H22FN7/c1-12(2)27-11-15(16-4-7-22-19(25-16)23-8-5-20)17(26-27)14-9-13-3-6-21-18(13)24-10-14/h4,7,9-12H,3,5-6,8H2,1-2H3,(H,21,24)(H,22,23,25). The molecule has 0 amide bonds. The summed E-state index contributed by atoms with van der Waals surface area (Å²) in [5, 5.41) is 11.0. The normalized spacial score (nSPS) is 12.9. The molecule has 8 heteroatoms. The van der Waals surface area contributed by atoms with Gasteiger partial charge in [-0.15, -0.1) is 0 Å². The molecule has 3 aromatic rings. The molecule has 1 aliphatic rings. The molecular weight excluding hydrogens is 345 g/mol. The van der Waals surface area contributed by atoms with Crippen LogP contribution in [0.3, 0.4) is 0 Å². The van der Waals surface area contributed by atoms with E-state index < -0.39 is 6.67 Å². The average Bonchev–Trinajstić information content (AvgIpc) is 3.33. The number of rotatable bonds is 6. The van der Waals surface area contributed by atoms with E-state index in [-0.39, 0.29) is 12.6 Å². The molecule has 4 rings (SSSR count). The first kappa shape index (κ1) is 17.4. The minimum Gasteiger partial charge on any atom is -0.370 e. The lowest BCUT2D eigenvalue weighted by Gasteiger charge is -2.06. The Morgan fingerprint density at radius 2 is 2.22 bits per heavy atom. The van der Waals surface area contributed by atoms with Crippen LogP contribution in [0.2, 0.25) is 0 Å². The number of hydrogen-bond acceptors (Lipinski definition) is 6. The lowest BCUT2D eigenvalue weighted by atomic mass is 10.1. The summed E-state index contributed by atoms with van der Waals surface area (Å²) in [6.45, 7) is 4.79. The van der Waals surface area contributed by atoms with Crippen LogP contribution in [0.15, 0.2) is 30.7 Å². The van der Waals surface area contributed by atoms with Crippen LogP contribution in [0.25, 0.3) is 22.5 Å². The third-order valence-corrected chi connectivity index (χ3v) is 4.50. The van der Waals surface area contributed by atoms with Crippen LogP contribution in [0.5, 0.6) is 0 Å². The number of hydrogen-bond donors (Lipinski definition) is 2. The molecule has 27 heavy (non-hydrogen) atoms. The van der Waals surface area contributed by atoms with Gasteiger partial charge in [0, 0.05) is 48.8 Å². The van der Waals surface area contributed by atoms with Crippen LogP contribution in [0.1, 0.15) is 25.5 Å². The Balaban J connectivity index is 1.79. The predicted molar refractivity (Wildman–Crippen MR) is 104 cm³/mol. The molecule has 7 nitrogen and oxygen atoms in total. The second-order valence-corrected chi connectivity index (χ2v) is 6.75. The van der Waals surface area contributed by atoms with Crippen molar-refractivity contribution in [2.45, 2.75) is 26.3 Å². The number of nitrogens with one attached hydrogen (secondary N) is 2. The molecule has 0 unspecified atom stereocenters. The molecule has 0 aromatic carbocycles. The number of fused-ring (bicyclic) bond motifs is 1. The molecule has 0 aliphatic carbocycles. The Morgan fingerprint density at radius 1 is 1.33 bits per heavy atom. The molecule has 0 fully saturated rings. The van der Waals surface area contributed by atoms with Crippen molar-refractivity contribution in [2.24, 2.45) is 0 Å². The molecule has 1 aliphatic heterocycles. The van der Waals surface area contributed by atoms with Gasteiger partial charge < -0.3 is 10.6 Å². The number of alkyl halides is 1. The highest BCUT2D eigenvalue weighted by Gasteiger charge is 2.19. The zero-order chi connectivity index (χ0) is 18.8. The van der Waals surface area contributed by atoms with Crippen LogP contribution < -0.4 is 10.6 Å². The van der Waals surface area contributed by atoms with E-state index in [4.69, 9.17) is 5.10 Å². The summed E-state index contributed by atoms with van der Waals surface area (Å²) in [4.78, 5) is 13.2. The average molecular weight is 367 g/mol. The first-order valence-corrected chi connectivity index (χ1v) is 9.11. The maximum absolute atomic E-state index is 12.4. The zero-order valence-electron chi connectivity index (χ0n) is 15.4. The fourth-order valence-electron chi connectivity index (χ4n) is 3.11.